The molecule has 0 atom stereocenters. The highest BCUT2D eigenvalue weighted by Crippen LogP contribution is 2.39. The van der Waals surface area contributed by atoms with E-state index in [2.05, 4.69) is 0 Å². The lowest BCUT2D eigenvalue weighted by atomic mass is 9.96. The fourth-order valence-electron chi connectivity index (χ4n) is 2.47. The first kappa shape index (κ1) is 17.5. The van der Waals surface area contributed by atoms with E-state index < -0.39 is 5.78 Å². The van der Waals surface area contributed by atoms with Crippen LogP contribution in [-0.2, 0) is 0 Å². The Morgan fingerprint density at radius 3 is 1.92 bits per heavy atom. The highest BCUT2D eigenvalue weighted by molar-refractivity contribution is 6.14. The maximum atomic E-state index is 13.0. The number of rotatable bonds is 6. The van der Waals surface area contributed by atoms with Crippen LogP contribution >= 0.6 is 0 Å². The van der Waals surface area contributed by atoms with Gasteiger partial charge in [-0.15, -0.1) is 0 Å². The number of hydrogen-bond acceptors (Lipinski definition) is 6. The molecular weight excluding hydrogens is 312 g/mol. The summed E-state index contributed by atoms with van der Waals surface area (Å²) in [6, 6.07) is 6.41. The molecular formula is C18H20O6. The monoisotopic (exact) mass is 332 g/mol. The van der Waals surface area contributed by atoms with Crippen molar-refractivity contribution in [1.82, 2.24) is 0 Å². The Morgan fingerprint density at radius 1 is 0.833 bits per heavy atom. The Balaban J connectivity index is 2.66. The van der Waals surface area contributed by atoms with Gasteiger partial charge in [-0.25, -0.2) is 0 Å². The number of phenols is 1. The Labute approximate surface area is 140 Å². The molecule has 0 aromatic heterocycles. The highest BCUT2D eigenvalue weighted by Gasteiger charge is 2.24. The number of methoxy groups -OCH3 is 4. The standard InChI is InChI=1S/C18H20O6/c1-10-6-7-12(21-2)18(20)16(10)17(19)11-8-14(23-4)15(24-5)9-13(11)22-3/h6-9,20H,1-5H3. The lowest BCUT2D eigenvalue weighted by Gasteiger charge is -2.15. The zero-order chi connectivity index (χ0) is 17.9. The summed E-state index contributed by atoms with van der Waals surface area (Å²) < 4.78 is 20.8. The fourth-order valence-corrected chi connectivity index (χ4v) is 2.47. The van der Waals surface area contributed by atoms with Crippen LogP contribution in [0, 0.1) is 6.92 Å². The number of ketones is 1. The zero-order valence-electron chi connectivity index (χ0n) is 14.3. The SMILES string of the molecule is COc1cc(OC)c(C(=O)c2c(C)ccc(OC)c2O)cc1OC. The van der Waals surface area contributed by atoms with Crippen molar-refractivity contribution in [3.05, 3.63) is 41.0 Å². The van der Waals surface area contributed by atoms with Crippen LogP contribution in [0.1, 0.15) is 21.5 Å². The molecule has 6 heteroatoms. The highest BCUT2D eigenvalue weighted by atomic mass is 16.5. The third kappa shape index (κ3) is 2.95. The van der Waals surface area contributed by atoms with Crippen molar-refractivity contribution in [2.75, 3.05) is 28.4 Å². The normalized spacial score (nSPS) is 10.2. The van der Waals surface area contributed by atoms with E-state index in [0.717, 1.165) is 0 Å². The van der Waals surface area contributed by atoms with Gasteiger partial charge in [0.05, 0.1) is 39.6 Å². The van der Waals surface area contributed by atoms with Crippen LogP contribution in [0.2, 0.25) is 0 Å². The van der Waals surface area contributed by atoms with Crippen LogP contribution in [0.15, 0.2) is 24.3 Å². The molecule has 0 aliphatic heterocycles. The number of benzene rings is 2. The number of aromatic hydroxyl groups is 1. The van der Waals surface area contributed by atoms with E-state index in [0.29, 0.717) is 22.8 Å². The molecule has 0 radical (unpaired) electrons. The molecule has 0 amide bonds. The van der Waals surface area contributed by atoms with Crippen molar-refractivity contribution in [2.45, 2.75) is 6.92 Å². The van der Waals surface area contributed by atoms with Gasteiger partial charge in [0.1, 0.15) is 5.75 Å². The van der Waals surface area contributed by atoms with Gasteiger partial charge >= 0.3 is 0 Å². The fraction of sp³-hybridized carbons (Fsp3) is 0.278. The number of aryl methyl sites for hydroxylation is 1. The maximum absolute atomic E-state index is 13.0. The molecule has 0 spiro atoms. The number of carbonyl (C=O) groups is 1. The molecule has 0 saturated heterocycles. The molecule has 0 aliphatic rings. The third-order valence-corrected chi connectivity index (χ3v) is 3.75. The maximum Gasteiger partial charge on any atom is 0.201 e. The molecule has 1 N–H and O–H groups in total. The minimum absolute atomic E-state index is 0.153. The lowest BCUT2D eigenvalue weighted by Crippen LogP contribution is -2.08. The first-order chi connectivity index (χ1) is 11.5. The van der Waals surface area contributed by atoms with Crippen LogP contribution in [-0.4, -0.2) is 39.3 Å². The van der Waals surface area contributed by atoms with Crippen molar-refractivity contribution in [2.24, 2.45) is 0 Å². The second kappa shape index (κ2) is 7.12. The largest absolute Gasteiger partial charge is 0.504 e. The van der Waals surface area contributed by atoms with Gasteiger partial charge in [0.15, 0.2) is 23.0 Å². The number of phenolic OH excluding ortho intramolecular Hbond substituents is 1. The number of carbonyl (C=O) groups excluding carboxylic acids is 1. The molecule has 128 valence electrons. The van der Waals surface area contributed by atoms with Crippen LogP contribution < -0.4 is 18.9 Å². The van der Waals surface area contributed by atoms with Crippen molar-refractivity contribution >= 4 is 5.78 Å². The van der Waals surface area contributed by atoms with E-state index in [-0.39, 0.29) is 22.6 Å². The molecule has 2 aromatic carbocycles. The van der Waals surface area contributed by atoms with Gasteiger partial charge in [0.25, 0.3) is 0 Å². The Kier molecular flexibility index (Phi) is 5.18. The minimum atomic E-state index is -0.401. The molecule has 0 bridgehead atoms. The molecule has 0 fully saturated rings. The second-order valence-electron chi connectivity index (χ2n) is 5.04. The molecule has 0 heterocycles. The summed E-state index contributed by atoms with van der Waals surface area (Å²) in [5, 5.41) is 10.3. The van der Waals surface area contributed by atoms with Crippen molar-refractivity contribution < 1.29 is 28.8 Å². The van der Waals surface area contributed by atoms with Crippen LogP contribution in [0.5, 0.6) is 28.7 Å². The molecule has 2 aromatic rings. The Bertz CT molecular complexity index is 767. The topological polar surface area (TPSA) is 74.2 Å². The number of hydrogen-bond donors (Lipinski definition) is 1. The predicted molar refractivity (Wildman–Crippen MR) is 88.9 cm³/mol. The summed E-state index contributed by atoms with van der Waals surface area (Å²) >= 11 is 0. The van der Waals surface area contributed by atoms with E-state index >= 15 is 0 Å². The molecule has 0 unspecified atom stereocenters. The summed E-state index contributed by atoms with van der Waals surface area (Å²) in [5.74, 6) is 0.767. The smallest absolute Gasteiger partial charge is 0.201 e. The number of ether oxygens (including phenoxy) is 4. The molecule has 0 saturated carbocycles. The quantitative estimate of drug-likeness (QED) is 0.820. The molecule has 2 rings (SSSR count). The van der Waals surface area contributed by atoms with E-state index in [1.807, 2.05) is 0 Å². The van der Waals surface area contributed by atoms with Gasteiger partial charge in [-0.3, -0.25) is 4.79 Å². The van der Waals surface area contributed by atoms with Gasteiger partial charge in [-0.1, -0.05) is 6.07 Å². The summed E-state index contributed by atoms with van der Waals surface area (Å²) in [7, 11) is 5.86. The molecule has 24 heavy (non-hydrogen) atoms. The second-order valence-corrected chi connectivity index (χ2v) is 5.04. The van der Waals surface area contributed by atoms with Crippen molar-refractivity contribution in [3.63, 3.8) is 0 Å². The first-order valence-electron chi connectivity index (χ1n) is 7.19. The Morgan fingerprint density at radius 2 is 1.38 bits per heavy atom. The van der Waals surface area contributed by atoms with Crippen LogP contribution in [0.25, 0.3) is 0 Å². The van der Waals surface area contributed by atoms with Gasteiger partial charge in [0.2, 0.25) is 5.78 Å². The van der Waals surface area contributed by atoms with Crippen molar-refractivity contribution in [1.29, 1.82) is 0 Å². The minimum Gasteiger partial charge on any atom is -0.504 e. The van der Waals surface area contributed by atoms with Gasteiger partial charge in [-0.05, 0) is 24.6 Å². The van der Waals surface area contributed by atoms with Gasteiger partial charge < -0.3 is 24.1 Å². The van der Waals surface area contributed by atoms with Crippen LogP contribution in [0.3, 0.4) is 0 Å². The van der Waals surface area contributed by atoms with E-state index in [1.54, 1.807) is 25.1 Å². The summed E-state index contributed by atoms with van der Waals surface area (Å²) in [4.78, 5) is 13.0. The summed E-state index contributed by atoms with van der Waals surface area (Å²) in [6.07, 6.45) is 0. The molecule has 6 nitrogen and oxygen atoms in total. The first-order valence-corrected chi connectivity index (χ1v) is 7.19. The van der Waals surface area contributed by atoms with Gasteiger partial charge in [-0.2, -0.15) is 0 Å². The molecule has 0 aliphatic carbocycles. The average Bonchev–Trinajstić information content (AvgIpc) is 2.60. The predicted octanol–water partition coefficient (Wildman–Crippen LogP) is 2.97. The third-order valence-electron chi connectivity index (χ3n) is 3.75. The summed E-state index contributed by atoms with van der Waals surface area (Å²) in [6.45, 7) is 1.74. The van der Waals surface area contributed by atoms with E-state index in [4.69, 9.17) is 18.9 Å². The summed E-state index contributed by atoms with van der Waals surface area (Å²) in [5.41, 5.74) is 1.02. The Hall–Kier alpha value is -2.89. The van der Waals surface area contributed by atoms with Crippen molar-refractivity contribution in [3.8, 4) is 28.7 Å². The van der Waals surface area contributed by atoms with E-state index in [9.17, 15) is 9.90 Å². The van der Waals surface area contributed by atoms with Crippen LogP contribution in [0.4, 0.5) is 0 Å². The van der Waals surface area contributed by atoms with E-state index in [1.165, 1.54) is 34.5 Å². The lowest BCUT2D eigenvalue weighted by molar-refractivity contribution is 0.103. The van der Waals surface area contributed by atoms with Gasteiger partial charge in [0, 0.05) is 6.07 Å². The average molecular weight is 332 g/mol. The zero-order valence-corrected chi connectivity index (χ0v) is 14.3.